The zero-order valence-electron chi connectivity index (χ0n) is 28.0. The summed E-state index contributed by atoms with van der Waals surface area (Å²) in [6.45, 7) is 7.22. The molecule has 0 saturated carbocycles. The first-order valence-electron chi connectivity index (χ1n) is 18.6. The topological polar surface area (TPSA) is 43.4 Å². The van der Waals surface area contributed by atoms with Gasteiger partial charge >= 0.3 is 247 Å². The first-order chi connectivity index (χ1) is 19.5. The molecule has 0 atom stereocenters. The third-order valence-corrected chi connectivity index (χ3v) is 13.6. The first kappa shape index (κ1) is 40.1. The van der Waals surface area contributed by atoms with Crippen LogP contribution in [0.1, 0.15) is 213 Å². The van der Waals surface area contributed by atoms with Gasteiger partial charge in [-0.05, 0) is 0 Å². The maximum atomic E-state index is 13.8. The summed E-state index contributed by atoms with van der Waals surface area (Å²) in [7, 11) is 0. The van der Waals surface area contributed by atoms with Gasteiger partial charge in [0.2, 0.25) is 0 Å². The maximum absolute atomic E-state index is 13.8. The number of hydrogen-bond donors (Lipinski definition) is 0. The summed E-state index contributed by atoms with van der Waals surface area (Å²) in [6.07, 6.45) is 37.2. The van der Waals surface area contributed by atoms with Gasteiger partial charge in [-0.25, -0.2) is 0 Å². The number of unbranched alkanes of at least 4 members (excludes halogenated alkanes) is 27. The molecule has 0 bridgehead atoms. The second-order valence-corrected chi connectivity index (χ2v) is 18.7. The van der Waals surface area contributed by atoms with Gasteiger partial charge in [0.05, 0.1) is 0 Å². The van der Waals surface area contributed by atoms with Crippen LogP contribution in [0.5, 0.6) is 0 Å². The third kappa shape index (κ3) is 28.3. The zero-order chi connectivity index (χ0) is 29.5. The van der Waals surface area contributed by atoms with Gasteiger partial charge in [-0.2, -0.15) is 0 Å². The van der Waals surface area contributed by atoms with Crippen LogP contribution in [0, 0.1) is 0 Å². The average Bonchev–Trinajstić information content (AvgIpc) is 2.94. The second-order valence-electron chi connectivity index (χ2n) is 13.0. The van der Waals surface area contributed by atoms with Gasteiger partial charge in [0.15, 0.2) is 0 Å². The van der Waals surface area contributed by atoms with Crippen LogP contribution in [0.2, 0.25) is 10.3 Å². The molecule has 0 aliphatic rings. The Morgan fingerprint density at radius 1 is 0.325 bits per heavy atom. The Bertz CT molecular complexity index is 592. The summed E-state index contributed by atoms with van der Waals surface area (Å²) in [5, 5.41) is 0.620. The van der Waals surface area contributed by atoms with Crippen LogP contribution in [-0.2, 0) is 24.1 Å². The fourth-order valence-corrected chi connectivity index (χ4v) is 10.1. The van der Waals surface area contributed by atoms with Gasteiger partial charge in [0, 0.05) is 0 Å². The van der Waals surface area contributed by atoms with E-state index in [4.69, 9.17) is 3.66 Å². The van der Waals surface area contributed by atoms with Crippen LogP contribution < -0.4 is 0 Å². The molecule has 0 aromatic rings. The molecule has 0 aromatic heterocycles. The summed E-state index contributed by atoms with van der Waals surface area (Å²) < 4.78 is 33.5. The van der Waals surface area contributed by atoms with Crippen molar-refractivity contribution in [3.63, 3.8) is 0 Å². The van der Waals surface area contributed by atoms with Crippen molar-refractivity contribution in [2.75, 3.05) is 6.61 Å². The molecule has 0 unspecified atom stereocenters. The Hall–Kier alpha value is 0.144. The van der Waals surface area contributed by atoms with Crippen LogP contribution in [0.25, 0.3) is 0 Å². The minimum absolute atomic E-state index is 0.310. The van der Waals surface area contributed by atoms with E-state index in [2.05, 4.69) is 20.8 Å². The van der Waals surface area contributed by atoms with Gasteiger partial charge in [0.1, 0.15) is 0 Å². The predicted molar refractivity (Wildman–Crippen MR) is 172 cm³/mol. The van der Waals surface area contributed by atoms with E-state index < -0.39 is 13.1 Å². The van der Waals surface area contributed by atoms with E-state index in [9.17, 15) is 7.35 Å². The molecular weight excluding hydrogens is 531 g/mol. The van der Waals surface area contributed by atoms with E-state index in [1.54, 1.807) is 0 Å². The van der Waals surface area contributed by atoms with Crippen molar-refractivity contribution in [3.05, 3.63) is 0 Å². The fraction of sp³-hybridized carbons (Fsp3) is 1.00. The molecule has 0 N–H and O–H groups in total. The van der Waals surface area contributed by atoms with Crippen molar-refractivity contribution in [1.82, 2.24) is 0 Å². The molecule has 3 nitrogen and oxygen atoms in total. The normalized spacial score (nSPS) is 12.4. The molecule has 0 aliphatic heterocycles. The monoisotopic (exact) mass is 607 g/mol. The van der Waals surface area contributed by atoms with Crippen LogP contribution in [0.3, 0.4) is 0 Å². The van der Waals surface area contributed by atoms with Crippen molar-refractivity contribution in [2.24, 2.45) is 0 Å². The summed E-state index contributed by atoms with van der Waals surface area (Å²) in [5.41, 5.74) is 0. The zero-order valence-corrected chi connectivity index (χ0v) is 29.4. The molecular formula is C36H75O3V. The molecule has 0 fully saturated rings. The molecule has 242 valence electrons. The van der Waals surface area contributed by atoms with Crippen molar-refractivity contribution in [3.8, 4) is 0 Å². The number of rotatable bonds is 34. The molecule has 0 spiro atoms. The van der Waals surface area contributed by atoms with E-state index in [0.717, 1.165) is 38.5 Å². The van der Waals surface area contributed by atoms with E-state index in [0.29, 0.717) is 16.9 Å². The Morgan fingerprint density at radius 2 is 0.550 bits per heavy atom. The van der Waals surface area contributed by atoms with Crippen LogP contribution >= 0.6 is 0 Å². The average molecular weight is 607 g/mol. The van der Waals surface area contributed by atoms with E-state index >= 15 is 0 Å². The van der Waals surface area contributed by atoms with Gasteiger partial charge in [-0.3, -0.25) is 0 Å². The molecule has 0 saturated heterocycles. The van der Waals surface area contributed by atoms with Crippen LogP contribution in [0.15, 0.2) is 0 Å². The van der Waals surface area contributed by atoms with Crippen molar-refractivity contribution in [2.45, 2.75) is 224 Å². The fourth-order valence-electron chi connectivity index (χ4n) is 5.91. The minimum atomic E-state index is -5.14. The summed E-state index contributed by atoms with van der Waals surface area (Å²) in [4.78, 5) is 0. The van der Waals surface area contributed by atoms with Gasteiger partial charge in [-0.1, -0.05) is 6.92 Å². The van der Waals surface area contributed by atoms with Gasteiger partial charge < -0.3 is 0 Å². The molecule has 4 heteroatoms. The molecule has 0 aliphatic carbocycles. The molecule has 0 radical (unpaired) electrons. The Morgan fingerprint density at radius 3 is 0.825 bits per heavy atom. The van der Waals surface area contributed by atoms with Crippen molar-refractivity contribution in [1.29, 1.82) is 0 Å². The van der Waals surface area contributed by atoms with E-state index in [1.807, 2.05) is 0 Å². The summed E-state index contributed by atoms with van der Waals surface area (Å²) in [5.74, 6) is 0. The summed E-state index contributed by atoms with van der Waals surface area (Å²) >= 11 is -5.14. The Labute approximate surface area is 253 Å². The first-order valence-corrected chi connectivity index (χ1v) is 22.3. The van der Waals surface area contributed by atoms with E-state index in [1.165, 1.54) is 154 Å². The number of hydrogen-bond acceptors (Lipinski definition) is 3. The Kier molecular flexibility index (Phi) is 29.3. The van der Waals surface area contributed by atoms with Crippen LogP contribution in [0.4, 0.5) is 0 Å². The quantitative estimate of drug-likeness (QED) is 0.0684. The predicted octanol–water partition coefficient (Wildman–Crippen LogP) is 13.9. The Balaban J connectivity index is 4.27. The second kappa shape index (κ2) is 29.2. The molecule has 0 amide bonds. The van der Waals surface area contributed by atoms with Crippen LogP contribution in [-0.4, -0.2) is 6.61 Å². The molecule has 0 aromatic carbocycles. The van der Waals surface area contributed by atoms with E-state index in [-0.39, 0.29) is 0 Å². The molecule has 0 heterocycles. The molecule has 40 heavy (non-hydrogen) atoms. The SMILES string of the molecule is CCCCCCCCCCCC[O][V](=[O])(=[O])([CH2]CCCCCCCCCCC)[CH2]CCCCCCCCCCC. The summed E-state index contributed by atoms with van der Waals surface area (Å²) in [6, 6.07) is 0. The standard InChI is InChI=1S/C12H25O.2C12H25.2O.V/c1-2-3-4-5-6-7-8-9-10-11-12-13;2*1-3-5-7-9-11-12-10-8-6-4-2;;;/h2-12H2,1H3;2*1,3-12H2,2H3;;;/q-1;;;;;+1. The third-order valence-electron chi connectivity index (χ3n) is 8.76. The van der Waals surface area contributed by atoms with Gasteiger partial charge in [-0.15, -0.1) is 0 Å². The van der Waals surface area contributed by atoms with Crippen molar-refractivity contribution >= 4 is 0 Å². The molecule has 0 rings (SSSR count). The van der Waals surface area contributed by atoms with Gasteiger partial charge in [0.25, 0.3) is 0 Å². The van der Waals surface area contributed by atoms with Crippen molar-refractivity contribution < 1.29 is 24.1 Å².